The molecule has 4 nitrogen and oxygen atoms in total. The van der Waals surface area contributed by atoms with E-state index < -0.39 is 5.97 Å². The Kier molecular flexibility index (Phi) is 4.38. The number of esters is 1. The van der Waals surface area contributed by atoms with Gasteiger partial charge in [0.25, 0.3) is 0 Å². The van der Waals surface area contributed by atoms with Crippen molar-refractivity contribution in [2.45, 2.75) is 6.92 Å². The van der Waals surface area contributed by atoms with E-state index in [1.54, 1.807) is 19.1 Å². The third-order valence-corrected chi connectivity index (χ3v) is 2.74. The predicted octanol–water partition coefficient (Wildman–Crippen LogP) is 2.69. The fraction of sp³-hybridized carbons (Fsp3) is 0.188. The highest BCUT2D eigenvalue weighted by Gasteiger charge is 2.10. The van der Waals surface area contributed by atoms with Crippen molar-refractivity contribution in [1.82, 2.24) is 0 Å². The molecule has 0 bridgehead atoms. The monoisotopic (exact) mass is 272 g/mol. The van der Waals surface area contributed by atoms with Gasteiger partial charge in [-0.15, -0.1) is 0 Å². The summed E-state index contributed by atoms with van der Waals surface area (Å²) in [5.74, 6) is 0.647. The van der Waals surface area contributed by atoms with Gasteiger partial charge in [0.15, 0.2) is 0 Å². The summed E-state index contributed by atoms with van der Waals surface area (Å²) >= 11 is 0. The maximum atomic E-state index is 11.6. The fourth-order valence-corrected chi connectivity index (χ4v) is 1.81. The second-order valence-corrected chi connectivity index (χ2v) is 4.35. The quantitative estimate of drug-likeness (QED) is 0.516. The third-order valence-electron chi connectivity index (χ3n) is 2.74. The molecule has 2 rings (SSSR count). The summed E-state index contributed by atoms with van der Waals surface area (Å²) in [4.78, 5) is 11.6. The van der Waals surface area contributed by atoms with Crippen molar-refractivity contribution in [3.05, 3.63) is 48.6 Å². The molecule has 0 unspecified atom stereocenters. The number of rotatable bonds is 5. The molecule has 0 aliphatic carbocycles. The van der Waals surface area contributed by atoms with E-state index in [4.69, 9.17) is 14.6 Å². The van der Waals surface area contributed by atoms with Crippen LogP contribution in [0.2, 0.25) is 0 Å². The second-order valence-electron chi connectivity index (χ2n) is 4.35. The predicted molar refractivity (Wildman–Crippen MR) is 77.0 cm³/mol. The molecular formula is C16H16O4. The summed E-state index contributed by atoms with van der Waals surface area (Å²) in [6.45, 7) is 5.33. The molecule has 0 spiro atoms. The van der Waals surface area contributed by atoms with Crippen molar-refractivity contribution in [2.75, 3.05) is 13.2 Å². The normalized spacial score (nSPS) is 10.3. The summed E-state index contributed by atoms with van der Waals surface area (Å²) < 4.78 is 10.8. The minimum Gasteiger partial charge on any atom is -0.491 e. The highest BCUT2D eigenvalue weighted by molar-refractivity contribution is 5.96. The van der Waals surface area contributed by atoms with Crippen LogP contribution in [0, 0.1) is 0 Å². The van der Waals surface area contributed by atoms with E-state index in [1.807, 2.05) is 24.3 Å². The van der Waals surface area contributed by atoms with E-state index in [2.05, 4.69) is 6.58 Å². The number of hydrogen-bond donors (Lipinski definition) is 1. The zero-order chi connectivity index (χ0) is 14.5. The Labute approximate surface area is 117 Å². The average Bonchev–Trinajstić information content (AvgIpc) is 2.45. The third kappa shape index (κ3) is 2.97. The lowest BCUT2D eigenvalue weighted by Crippen LogP contribution is -2.08. The lowest BCUT2D eigenvalue weighted by molar-refractivity contribution is -0.129. The van der Waals surface area contributed by atoms with Gasteiger partial charge in [-0.2, -0.15) is 0 Å². The first-order valence-electron chi connectivity index (χ1n) is 6.26. The molecule has 1 N–H and O–H groups in total. The molecular weight excluding hydrogens is 256 g/mol. The molecule has 0 heterocycles. The molecule has 0 radical (unpaired) electrons. The van der Waals surface area contributed by atoms with Crippen LogP contribution in [0.4, 0.5) is 0 Å². The molecule has 0 aliphatic rings. The number of ether oxygens (including phenoxy) is 2. The number of carbonyl (C=O) groups excluding carboxylic acids is 1. The van der Waals surface area contributed by atoms with Gasteiger partial charge in [-0.25, -0.2) is 4.79 Å². The Balaban J connectivity index is 2.42. The molecule has 20 heavy (non-hydrogen) atoms. The summed E-state index contributed by atoms with van der Waals surface area (Å²) in [5, 5.41) is 10.4. The largest absolute Gasteiger partial charge is 0.491 e. The highest BCUT2D eigenvalue weighted by atomic mass is 16.5. The van der Waals surface area contributed by atoms with Crippen LogP contribution in [0.15, 0.2) is 48.6 Å². The Hall–Kier alpha value is -2.33. The summed E-state index contributed by atoms with van der Waals surface area (Å²) in [5.41, 5.74) is 0.342. The molecule has 0 amide bonds. The molecule has 2 aromatic rings. The van der Waals surface area contributed by atoms with Gasteiger partial charge >= 0.3 is 5.97 Å². The number of fused-ring (bicyclic) bond motifs is 1. The Morgan fingerprint density at radius 3 is 2.35 bits per heavy atom. The van der Waals surface area contributed by atoms with Crippen LogP contribution in [0.5, 0.6) is 11.5 Å². The first kappa shape index (κ1) is 14.1. The number of benzene rings is 2. The van der Waals surface area contributed by atoms with Crippen LogP contribution in [0.25, 0.3) is 10.8 Å². The summed E-state index contributed by atoms with van der Waals surface area (Å²) in [6.07, 6.45) is 0. The number of carbonyl (C=O) groups is 1. The maximum Gasteiger partial charge on any atom is 0.338 e. The molecule has 0 atom stereocenters. The van der Waals surface area contributed by atoms with Crippen LogP contribution in [0.3, 0.4) is 0 Å². The van der Waals surface area contributed by atoms with E-state index in [-0.39, 0.29) is 13.2 Å². The molecule has 0 saturated carbocycles. The van der Waals surface area contributed by atoms with Gasteiger partial charge in [0.1, 0.15) is 18.1 Å². The van der Waals surface area contributed by atoms with Crippen LogP contribution in [-0.4, -0.2) is 24.3 Å². The highest BCUT2D eigenvalue weighted by Crippen LogP contribution is 2.32. The molecule has 4 heteroatoms. The number of aliphatic hydroxyl groups excluding tert-OH is 1. The average molecular weight is 272 g/mol. The van der Waals surface area contributed by atoms with Crippen LogP contribution >= 0.6 is 0 Å². The SMILES string of the molecule is C=C(C)C(=O)Oc1cccc2c(OCCO)cccc12. The van der Waals surface area contributed by atoms with Gasteiger partial charge < -0.3 is 14.6 Å². The minimum atomic E-state index is -0.459. The van der Waals surface area contributed by atoms with Crippen molar-refractivity contribution in [1.29, 1.82) is 0 Å². The molecule has 0 saturated heterocycles. The number of hydrogen-bond acceptors (Lipinski definition) is 4. The van der Waals surface area contributed by atoms with Crippen LogP contribution in [0.1, 0.15) is 6.92 Å². The van der Waals surface area contributed by atoms with E-state index >= 15 is 0 Å². The number of aliphatic hydroxyl groups is 1. The summed E-state index contributed by atoms with van der Waals surface area (Å²) in [7, 11) is 0. The van der Waals surface area contributed by atoms with Crippen LogP contribution in [-0.2, 0) is 4.79 Å². The van der Waals surface area contributed by atoms with Crippen molar-refractivity contribution in [3.8, 4) is 11.5 Å². The van der Waals surface area contributed by atoms with E-state index in [0.717, 1.165) is 10.8 Å². The van der Waals surface area contributed by atoms with E-state index in [0.29, 0.717) is 17.1 Å². The topological polar surface area (TPSA) is 55.8 Å². The van der Waals surface area contributed by atoms with Crippen molar-refractivity contribution < 1.29 is 19.4 Å². The van der Waals surface area contributed by atoms with Crippen LogP contribution < -0.4 is 9.47 Å². The standard InChI is InChI=1S/C16H16O4/c1-11(2)16(18)20-15-8-4-5-12-13(15)6-3-7-14(12)19-10-9-17/h3-8,17H,1,9-10H2,2H3. The Morgan fingerprint density at radius 2 is 1.75 bits per heavy atom. The zero-order valence-corrected chi connectivity index (χ0v) is 11.3. The Bertz CT molecular complexity index is 646. The second kappa shape index (κ2) is 6.21. The van der Waals surface area contributed by atoms with Gasteiger partial charge in [-0.05, 0) is 19.1 Å². The molecule has 0 aromatic heterocycles. The first-order valence-corrected chi connectivity index (χ1v) is 6.26. The molecule has 0 fully saturated rings. The van der Waals surface area contributed by atoms with Gasteiger partial charge in [-0.1, -0.05) is 30.8 Å². The van der Waals surface area contributed by atoms with E-state index in [1.165, 1.54) is 0 Å². The summed E-state index contributed by atoms with van der Waals surface area (Å²) in [6, 6.07) is 10.9. The first-order chi connectivity index (χ1) is 9.63. The smallest absolute Gasteiger partial charge is 0.338 e. The van der Waals surface area contributed by atoms with Crippen molar-refractivity contribution in [3.63, 3.8) is 0 Å². The molecule has 2 aromatic carbocycles. The van der Waals surface area contributed by atoms with E-state index in [9.17, 15) is 4.79 Å². The van der Waals surface area contributed by atoms with Gasteiger partial charge in [-0.3, -0.25) is 0 Å². The van der Waals surface area contributed by atoms with Crippen molar-refractivity contribution >= 4 is 16.7 Å². The zero-order valence-electron chi connectivity index (χ0n) is 11.3. The van der Waals surface area contributed by atoms with Gasteiger partial charge in [0.2, 0.25) is 0 Å². The molecule has 104 valence electrons. The van der Waals surface area contributed by atoms with Gasteiger partial charge in [0.05, 0.1) is 6.61 Å². The van der Waals surface area contributed by atoms with Gasteiger partial charge in [0, 0.05) is 16.3 Å². The maximum absolute atomic E-state index is 11.6. The minimum absolute atomic E-state index is 0.0548. The Morgan fingerprint density at radius 1 is 1.15 bits per heavy atom. The van der Waals surface area contributed by atoms with Crippen molar-refractivity contribution in [2.24, 2.45) is 0 Å². The molecule has 0 aliphatic heterocycles. The lowest BCUT2D eigenvalue weighted by Gasteiger charge is -2.11. The lowest BCUT2D eigenvalue weighted by atomic mass is 10.1. The fourth-order valence-electron chi connectivity index (χ4n) is 1.81.